The zero-order valence-corrected chi connectivity index (χ0v) is 12.2. The Hall–Kier alpha value is -1.47. The molecular weight excluding hydrogens is 285 g/mol. The molecule has 2 N–H and O–H groups in total. The van der Waals surface area contributed by atoms with Crippen molar-refractivity contribution in [3.63, 3.8) is 0 Å². The molecule has 0 saturated carbocycles. The van der Waals surface area contributed by atoms with Crippen molar-refractivity contribution in [3.8, 4) is 0 Å². The number of aliphatic carboxylic acids is 1. The zero-order chi connectivity index (χ0) is 15.3. The van der Waals surface area contributed by atoms with Crippen LogP contribution in [0.5, 0.6) is 0 Å². The first kappa shape index (κ1) is 16.6. The fourth-order valence-electron chi connectivity index (χ4n) is 1.79. The van der Waals surface area contributed by atoms with Gasteiger partial charge in [-0.25, -0.2) is 17.5 Å². The average molecular weight is 303 g/mol. The van der Waals surface area contributed by atoms with Crippen LogP contribution in [0.3, 0.4) is 0 Å². The first-order chi connectivity index (χ1) is 9.26. The van der Waals surface area contributed by atoms with Crippen LogP contribution in [-0.4, -0.2) is 25.5 Å². The molecule has 1 unspecified atom stereocenters. The molecule has 5 nitrogen and oxygen atoms in total. The van der Waals surface area contributed by atoms with E-state index in [1.807, 2.05) is 6.92 Å². The van der Waals surface area contributed by atoms with Gasteiger partial charge in [-0.2, -0.15) is 0 Å². The maximum Gasteiger partial charge on any atom is 0.304 e. The maximum atomic E-state index is 13.4. The Balaban J connectivity index is 2.96. The van der Waals surface area contributed by atoms with Crippen LogP contribution in [0.4, 0.5) is 4.39 Å². The Bertz CT molecular complexity index is 586. The molecule has 0 spiro atoms. The van der Waals surface area contributed by atoms with Crippen molar-refractivity contribution in [1.82, 2.24) is 4.72 Å². The second-order valence-corrected chi connectivity index (χ2v) is 6.33. The van der Waals surface area contributed by atoms with Crippen molar-refractivity contribution >= 4 is 16.0 Å². The smallest absolute Gasteiger partial charge is 0.304 e. The molecule has 0 heterocycles. The Kier molecular flexibility index (Phi) is 5.64. The van der Waals surface area contributed by atoms with Gasteiger partial charge in [-0.3, -0.25) is 4.79 Å². The van der Waals surface area contributed by atoms with Crippen LogP contribution in [0.25, 0.3) is 0 Å². The minimum absolute atomic E-state index is 0.202. The number of benzene rings is 1. The fraction of sp³-hybridized carbons (Fsp3) is 0.462. The van der Waals surface area contributed by atoms with E-state index in [9.17, 15) is 17.6 Å². The van der Waals surface area contributed by atoms with Gasteiger partial charge in [-0.15, -0.1) is 0 Å². The van der Waals surface area contributed by atoms with Gasteiger partial charge < -0.3 is 5.11 Å². The van der Waals surface area contributed by atoms with Crippen molar-refractivity contribution < 1.29 is 22.7 Å². The van der Waals surface area contributed by atoms with Gasteiger partial charge in [-0.05, 0) is 31.0 Å². The summed E-state index contributed by atoms with van der Waals surface area (Å²) in [7, 11) is -3.92. The Morgan fingerprint density at radius 3 is 2.60 bits per heavy atom. The van der Waals surface area contributed by atoms with Gasteiger partial charge in [0.05, 0.1) is 11.3 Å². The van der Waals surface area contributed by atoms with Gasteiger partial charge in [0.2, 0.25) is 10.0 Å². The minimum atomic E-state index is -3.92. The number of carboxylic acids is 1. The lowest BCUT2D eigenvalue weighted by molar-refractivity contribution is -0.137. The number of hydrogen-bond donors (Lipinski definition) is 2. The van der Waals surface area contributed by atoms with Gasteiger partial charge >= 0.3 is 5.97 Å². The summed E-state index contributed by atoms with van der Waals surface area (Å²) in [6, 6.07) is 2.90. The monoisotopic (exact) mass is 303 g/mol. The molecule has 0 fully saturated rings. The molecule has 20 heavy (non-hydrogen) atoms. The SMILES string of the molecule is CCCC(CC(=O)O)NS(=O)(=O)c1ccc(C)c(F)c1. The molecule has 0 radical (unpaired) electrons. The fourth-order valence-corrected chi connectivity index (χ4v) is 3.07. The highest BCUT2D eigenvalue weighted by atomic mass is 32.2. The summed E-state index contributed by atoms with van der Waals surface area (Å²) in [5.74, 6) is -1.70. The molecule has 0 amide bonds. The second-order valence-electron chi connectivity index (χ2n) is 4.62. The second kappa shape index (κ2) is 6.81. The third-order valence-corrected chi connectivity index (χ3v) is 4.35. The van der Waals surface area contributed by atoms with E-state index in [0.717, 1.165) is 6.07 Å². The summed E-state index contributed by atoms with van der Waals surface area (Å²) in [4.78, 5) is 10.5. The van der Waals surface area contributed by atoms with E-state index in [0.29, 0.717) is 18.4 Å². The van der Waals surface area contributed by atoms with Crippen LogP contribution in [-0.2, 0) is 14.8 Å². The van der Waals surface area contributed by atoms with Crippen molar-refractivity contribution in [3.05, 3.63) is 29.6 Å². The molecule has 7 heteroatoms. The molecule has 0 aliphatic rings. The van der Waals surface area contributed by atoms with Crippen molar-refractivity contribution in [2.75, 3.05) is 0 Å². The van der Waals surface area contributed by atoms with E-state index in [1.54, 1.807) is 0 Å². The number of halogens is 1. The lowest BCUT2D eigenvalue weighted by Gasteiger charge is -2.16. The molecular formula is C13H18FNO4S. The number of sulfonamides is 1. The third kappa shape index (κ3) is 4.57. The number of aryl methyl sites for hydroxylation is 1. The highest BCUT2D eigenvalue weighted by Crippen LogP contribution is 2.15. The molecule has 1 rings (SSSR count). The standard InChI is InChI=1S/C13H18FNO4S/c1-3-4-10(7-13(16)17)15-20(18,19)11-6-5-9(2)12(14)8-11/h5-6,8,10,15H,3-4,7H2,1-2H3,(H,16,17). The lowest BCUT2D eigenvalue weighted by Crippen LogP contribution is -2.36. The summed E-state index contributed by atoms with van der Waals surface area (Å²) >= 11 is 0. The lowest BCUT2D eigenvalue weighted by atomic mass is 10.1. The molecule has 1 aromatic rings. The van der Waals surface area contributed by atoms with E-state index >= 15 is 0 Å². The van der Waals surface area contributed by atoms with Crippen molar-refractivity contribution in [2.24, 2.45) is 0 Å². The van der Waals surface area contributed by atoms with Crippen LogP contribution < -0.4 is 4.72 Å². The molecule has 0 aromatic heterocycles. The van der Waals surface area contributed by atoms with Gasteiger partial charge in [-0.1, -0.05) is 19.4 Å². The summed E-state index contributed by atoms with van der Waals surface area (Å²) in [6.45, 7) is 3.36. The van der Waals surface area contributed by atoms with E-state index in [2.05, 4.69) is 4.72 Å². The highest BCUT2D eigenvalue weighted by Gasteiger charge is 2.22. The molecule has 1 atom stereocenters. The van der Waals surface area contributed by atoms with Gasteiger partial charge in [0.1, 0.15) is 5.82 Å². The molecule has 0 aliphatic carbocycles. The molecule has 0 saturated heterocycles. The van der Waals surface area contributed by atoms with E-state index < -0.39 is 27.9 Å². The Labute approximate surface area is 117 Å². The molecule has 0 bridgehead atoms. The average Bonchev–Trinajstić information content (AvgIpc) is 2.31. The first-order valence-electron chi connectivity index (χ1n) is 6.26. The topological polar surface area (TPSA) is 83.5 Å². The quantitative estimate of drug-likeness (QED) is 0.807. The van der Waals surface area contributed by atoms with Crippen LogP contribution in [0, 0.1) is 12.7 Å². The number of rotatable bonds is 7. The molecule has 112 valence electrons. The van der Waals surface area contributed by atoms with Crippen LogP contribution >= 0.6 is 0 Å². The Morgan fingerprint density at radius 1 is 1.45 bits per heavy atom. The maximum absolute atomic E-state index is 13.4. The van der Waals surface area contributed by atoms with Gasteiger partial charge in [0.15, 0.2) is 0 Å². The Morgan fingerprint density at radius 2 is 2.10 bits per heavy atom. The number of carboxylic acid groups (broad SMARTS) is 1. The summed E-state index contributed by atoms with van der Waals surface area (Å²) in [5.41, 5.74) is 0.347. The summed E-state index contributed by atoms with van der Waals surface area (Å²) in [5, 5.41) is 8.76. The largest absolute Gasteiger partial charge is 0.481 e. The van der Waals surface area contributed by atoms with Gasteiger partial charge in [0, 0.05) is 6.04 Å². The van der Waals surface area contributed by atoms with Crippen LogP contribution in [0.2, 0.25) is 0 Å². The first-order valence-corrected chi connectivity index (χ1v) is 7.75. The van der Waals surface area contributed by atoms with E-state index in [1.165, 1.54) is 19.1 Å². The molecule has 1 aromatic carbocycles. The van der Waals surface area contributed by atoms with Crippen molar-refractivity contribution in [2.45, 2.75) is 44.0 Å². The number of carbonyl (C=O) groups is 1. The normalized spacial score (nSPS) is 13.2. The van der Waals surface area contributed by atoms with Crippen LogP contribution in [0.15, 0.2) is 23.1 Å². The minimum Gasteiger partial charge on any atom is -0.481 e. The summed E-state index contributed by atoms with van der Waals surface area (Å²) in [6.07, 6.45) is 0.740. The third-order valence-electron chi connectivity index (χ3n) is 2.83. The van der Waals surface area contributed by atoms with Gasteiger partial charge in [0.25, 0.3) is 0 Å². The number of hydrogen-bond acceptors (Lipinski definition) is 3. The predicted molar refractivity (Wildman–Crippen MR) is 72.4 cm³/mol. The van der Waals surface area contributed by atoms with E-state index in [-0.39, 0.29) is 11.3 Å². The van der Waals surface area contributed by atoms with Crippen LogP contribution in [0.1, 0.15) is 31.7 Å². The molecule has 0 aliphatic heterocycles. The number of nitrogens with one attached hydrogen (secondary N) is 1. The van der Waals surface area contributed by atoms with E-state index in [4.69, 9.17) is 5.11 Å². The predicted octanol–water partition coefficient (Wildman–Crippen LogP) is 2.06. The van der Waals surface area contributed by atoms with Crippen molar-refractivity contribution in [1.29, 1.82) is 0 Å². The highest BCUT2D eigenvalue weighted by molar-refractivity contribution is 7.89. The summed E-state index contributed by atoms with van der Waals surface area (Å²) < 4.78 is 39.9. The zero-order valence-electron chi connectivity index (χ0n) is 11.4.